The first-order chi connectivity index (χ1) is 17.0. The van der Waals surface area contributed by atoms with Crippen molar-refractivity contribution in [3.05, 3.63) is 83.2 Å². The van der Waals surface area contributed by atoms with E-state index in [1.165, 1.54) is 45.4 Å². The van der Waals surface area contributed by atoms with E-state index in [9.17, 15) is 8.78 Å². The molecule has 0 spiro atoms. The van der Waals surface area contributed by atoms with Gasteiger partial charge in [0.25, 0.3) is 0 Å². The Labute approximate surface area is 207 Å². The van der Waals surface area contributed by atoms with E-state index in [1.54, 1.807) is 30.3 Å². The SMILES string of the molecule is CCCCCCCC1CCC(c2ccc(-c3ccc(-c4ccc(C)c(F)c4F)cc3)cc2F)OC1. The lowest BCUT2D eigenvalue weighted by Crippen LogP contribution is -2.21. The lowest BCUT2D eigenvalue weighted by molar-refractivity contribution is -0.0215. The highest BCUT2D eigenvalue weighted by molar-refractivity contribution is 5.71. The van der Waals surface area contributed by atoms with Crippen LogP contribution in [0.15, 0.2) is 54.6 Å². The number of benzene rings is 3. The van der Waals surface area contributed by atoms with Crippen molar-refractivity contribution in [2.75, 3.05) is 6.61 Å². The van der Waals surface area contributed by atoms with Crippen LogP contribution in [0.1, 0.15) is 75.5 Å². The lowest BCUT2D eigenvalue weighted by Gasteiger charge is -2.29. The number of halogens is 3. The van der Waals surface area contributed by atoms with Crippen LogP contribution in [0.4, 0.5) is 13.2 Å². The quantitative estimate of drug-likeness (QED) is 0.277. The van der Waals surface area contributed by atoms with Gasteiger partial charge in [-0.05, 0) is 60.4 Å². The first-order valence-corrected chi connectivity index (χ1v) is 12.9. The molecule has 1 saturated heterocycles. The summed E-state index contributed by atoms with van der Waals surface area (Å²) in [7, 11) is 0. The number of ether oxygens (including phenoxy) is 1. The Morgan fingerprint density at radius 1 is 0.771 bits per heavy atom. The highest BCUT2D eigenvalue weighted by Crippen LogP contribution is 2.36. The fraction of sp³-hybridized carbons (Fsp3) is 0.419. The number of unbranched alkanes of at least 4 members (excludes halogenated alkanes) is 4. The Morgan fingerprint density at radius 3 is 2.17 bits per heavy atom. The molecule has 3 aromatic carbocycles. The molecule has 0 saturated carbocycles. The van der Waals surface area contributed by atoms with E-state index in [1.807, 2.05) is 24.3 Å². The maximum atomic E-state index is 15.0. The van der Waals surface area contributed by atoms with Gasteiger partial charge in [0.1, 0.15) is 5.82 Å². The summed E-state index contributed by atoms with van der Waals surface area (Å²) >= 11 is 0. The van der Waals surface area contributed by atoms with Gasteiger partial charge in [0, 0.05) is 11.1 Å². The largest absolute Gasteiger partial charge is 0.373 e. The van der Waals surface area contributed by atoms with Crippen molar-refractivity contribution >= 4 is 0 Å². The van der Waals surface area contributed by atoms with Gasteiger partial charge >= 0.3 is 0 Å². The van der Waals surface area contributed by atoms with Gasteiger partial charge in [0.05, 0.1) is 12.7 Å². The highest BCUT2D eigenvalue weighted by Gasteiger charge is 2.25. The Kier molecular flexibility index (Phi) is 8.67. The number of hydrogen-bond acceptors (Lipinski definition) is 1. The molecule has 2 unspecified atom stereocenters. The molecule has 4 rings (SSSR count). The standard InChI is InChI=1S/C31H35F3O/c1-3-4-5-6-7-8-22-10-18-29(35-20-22)27-17-15-25(19-28(27)32)23-11-13-24(14-12-23)26-16-9-21(2)30(33)31(26)34/h9,11-17,19,22,29H,3-8,10,18,20H2,1-2H3. The third-order valence-electron chi connectivity index (χ3n) is 7.24. The first kappa shape index (κ1) is 25.5. The molecule has 0 amide bonds. The monoisotopic (exact) mass is 480 g/mol. The van der Waals surface area contributed by atoms with Gasteiger partial charge in [-0.2, -0.15) is 0 Å². The van der Waals surface area contributed by atoms with Crippen LogP contribution in [0.25, 0.3) is 22.3 Å². The molecular formula is C31H35F3O. The maximum Gasteiger partial charge on any atom is 0.166 e. The van der Waals surface area contributed by atoms with E-state index < -0.39 is 11.6 Å². The van der Waals surface area contributed by atoms with Crippen LogP contribution >= 0.6 is 0 Å². The molecule has 4 heteroatoms. The number of hydrogen-bond donors (Lipinski definition) is 0. The smallest absolute Gasteiger partial charge is 0.166 e. The van der Waals surface area contributed by atoms with Crippen LogP contribution in [-0.4, -0.2) is 6.61 Å². The first-order valence-electron chi connectivity index (χ1n) is 12.9. The molecule has 1 aliphatic heterocycles. The molecule has 3 aromatic rings. The van der Waals surface area contributed by atoms with E-state index in [0.29, 0.717) is 23.7 Å². The predicted octanol–water partition coefficient (Wildman–Crippen LogP) is 9.57. The van der Waals surface area contributed by atoms with Gasteiger partial charge in [-0.25, -0.2) is 13.2 Å². The van der Waals surface area contributed by atoms with E-state index >= 15 is 4.39 Å². The summed E-state index contributed by atoms with van der Waals surface area (Å²) in [5, 5.41) is 0. The Morgan fingerprint density at radius 2 is 1.49 bits per heavy atom. The predicted molar refractivity (Wildman–Crippen MR) is 137 cm³/mol. The molecule has 2 atom stereocenters. The van der Waals surface area contributed by atoms with Crippen molar-refractivity contribution in [2.24, 2.45) is 5.92 Å². The third-order valence-corrected chi connectivity index (χ3v) is 7.24. The minimum atomic E-state index is -0.848. The van der Waals surface area contributed by atoms with Crippen LogP contribution in [0, 0.1) is 30.3 Å². The van der Waals surface area contributed by atoms with E-state index in [4.69, 9.17) is 4.74 Å². The van der Waals surface area contributed by atoms with Gasteiger partial charge in [-0.1, -0.05) is 87.6 Å². The molecule has 1 fully saturated rings. The summed E-state index contributed by atoms with van der Waals surface area (Å²) in [6, 6.07) is 15.5. The van der Waals surface area contributed by atoms with Crippen molar-refractivity contribution < 1.29 is 17.9 Å². The molecular weight excluding hydrogens is 445 g/mol. The molecule has 186 valence electrons. The van der Waals surface area contributed by atoms with Crippen LogP contribution in [0.5, 0.6) is 0 Å². The summed E-state index contributed by atoms with van der Waals surface area (Å²) < 4.78 is 49.4. The number of aryl methyl sites for hydroxylation is 1. The molecule has 0 aliphatic carbocycles. The zero-order chi connectivity index (χ0) is 24.8. The van der Waals surface area contributed by atoms with Crippen molar-refractivity contribution in [2.45, 2.75) is 71.3 Å². The molecule has 1 aliphatic rings. The van der Waals surface area contributed by atoms with Crippen molar-refractivity contribution in [3.8, 4) is 22.3 Å². The highest BCUT2D eigenvalue weighted by atomic mass is 19.2. The molecule has 1 nitrogen and oxygen atoms in total. The van der Waals surface area contributed by atoms with Crippen molar-refractivity contribution in [1.82, 2.24) is 0 Å². The molecule has 35 heavy (non-hydrogen) atoms. The topological polar surface area (TPSA) is 9.23 Å². The van der Waals surface area contributed by atoms with Gasteiger partial charge in [0.2, 0.25) is 0 Å². The minimum absolute atomic E-state index is 0.192. The van der Waals surface area contributed by atoms with Gasteiger partial charge in [-0.15, -0.1) is 0 Å². The van der Waals surface area contributed by atoms with Gasteiger partial charge in [-0.3, -0.25) is 0 Å². The lowest BCUT2D eigenvalue weighted by atomic mass is 9.90. The van der Waals surface area contributed by atoms with Crippen LogP contribution in [-0.2, 0) is 4.74 Å². The maximum absolute atomic E-state index is 15.0. The average Bonchev–Trinajstić information content (AvgIpc) is 2.88. The van der Waals surface area contributed by atoms with Crippen LogP contribution in [0.2, 0.25) is 0 Å². The normalized spacial score (nSPS) is 18.1. The summed E-state index contributed by atoms with van der Waals surface area (Å²) in [5.41, 5.74) is 3.25. The van der Waals surface area contributed by atoms with Gasteiger partial charge in [0.15, 0.2) is 11.6 Å². The second-order valence-corrected chi connectivity index (χ2v) is 9.84. The zero-order valence-corrected chi connectivity index (χ0v) is 20.8. The summed E-state index contributed by atoms with van der Waals surface area (Å²) in [6.07, 6.45) is 9.38. The summed E-state index contributed by atoms with van der Waals surface area (Å²) in [4.78, 5) is 0. The number of rotatable bonds is 9. The Hall–Kier alpha value is -2.59. The van der Waals surface area contributed by atoms with Crippen LogP contribution in [0.3, 0.4) is 0 Å². The second-order valence-electron chi connectivity index (χ2n) is 9.84. The Balaban J connectivity index is 1.38. The van der Waals surface area contributed by atoms with E-state index in [-0.39, 0.29) is 23.0 Å². The molecule has 0 radical (unpaired) electrons. The fourth-order valence-corrected chi connectivity index (χ4v) is 4.99. The van der Waals surface area contributed by atoms with E-state index in [2.05, 4.69) is 6.92 Å². The zero-order valence-electron chi connectivity index (χ0n) is 20.8. The summed E-state index contributed by atoms with van der Waals surface area (Å²) in [5.74, 6) is -1.35. The Bertz CT molecular complexity index is 1110. The molecule has 0 N–H and O–H groups in total. The van der Waals surface area contributed by atoms with Crippen molar-refractivity contribution in [1.29, 1.82) is 0 Å². The van der Waals surface area contributed by atoms with E-state index in [0.717, 1.165) is 24.0 Å². The van der Waals surface area contributed by atoms with Crippen molar-refractivity contribution in [3.63, 3.8) is 0 Å². The van der Waals surface area contributed by atoms with Gasteiger partial charge < -0.3 is 4.74 Å². The summed E-state index contributed by atoms with van der Waals surface area (Å²) in [6.45, 7) is 4.47. The molecule has 1 heterocycles. The molecule has 0 bridgehead atoms. The average molecular weight is 481 g/mol. The third kappa shape index (κ3) is 6.16. The molecule has 0 aromatic heterocycles. The van der Waals surface area contributed by atoms with Crippen LogP contribution < -0.4 is 0 Å². The fourth-order valence-electron chi connectivity index (χ4n) is 4.99. The second kappa shape index (κ2) is 11.9. The minimum Gasteiger partial charge on any atom is -0.373 e.